The van der Waals surface area contributed by atoms with Crippen molar-refractivity contribution >= 4 is 0 Å². The molecule has 0 aromatic carbocycles. The van der Waals surface area contributed by atoms with E-state index in [1.807, 2.05) is 18.7 Å². The molecule has 1 unspecified atom stereocenters. The van der Waals surface area contributed by atoms with Gasteiger partial charge in [-0.05, 0) is 32.7 Å². The average molecular weight is 265 g/mol. The quantitative estimate of drug-likeness (QED) is 0.579. The van der Waals surface area contributed by atoms with Gasteiger partial charge < -0.3 is 9.88 Å². The van der Waals surface area contributed by atoms with Crippen molar-refractivity contribution in [2.24, 2.45) is 0 Å². The van der Waals surface area contributed by atoms with Crippen LogP contribution in [0.2, 0.25) is 0 Å². The number of imidazole rings is 1. The molecule has 0 bridgehead atoms. The maximum absolute atomic E-state index is 4.05. The number of nitrogens with one attached hydrogen (secondary N) is 1. The highest BCUT2D eigenvalue weighted by Gasteiger charge is 2.00. The van der Waals surface area contributed by atoms with Crippen molar-refractivity contribution < 1.29 is 0 Å². The number of hydrogen-bond donors (Lipinski definition) is 1. The molecular formula is C16H31N3. The zero-order valence-corrected chi connectivity index (χ0v) is 12.8. The van der Waals surface area contributed by atoms with Crippen LogP contribution in [-0.2, 0) is 6.54 Å². The van der Waals surface area contributed by atoms with Crippen LogP contribution in [0.25, 0.3) is 0 Å². The molecule has 1 N–H and O–H groups in total. The Morgan fingerprint density at radius 3 is 2.68 bits per heavy atom. The smallest absolute Gasteiger partial charge is 0.0945 e. The fourth-order valence-corrected chi connectivity index (χ4v) is 2.34. The van der Waals surface area contributed by atoms with E-state index < -0.39 is 0 Å². The van der Waals surface area contributed by atoms with Gasteiger partial charge in [-0.2, -0.15) is 0 Å². The Kier molecular flexibility index (Phi) is 9.42. The number of aromatic nitrogens is 2. The molecule has 1 heterocycles. The number of unbranched alkanes of at least 4 members (excludes halogenated alkanes) is 5. The van der Waals surface area contributed by atoms with E-state index in [1.54, 1.807) is 0 Å². The second-order valence-corrected chi connectivity index (χ2v) is 5.57. The predicted octanol–water partition coefficient (Wildman–Crippen LogP) is 4.00. The average Bonchev–Trinajstić information content (AvgIpc) is 2.91. The molecule has 110 valence electrons. The second-order valence-electron chi connectivity index (χ2n) is 5.57. The van der Waals surface area contributed by atoms with Gasteiger partial charge >= 0.3 is 0 Å². The van der Waals surface area contributed by atoms with Crippen molar-refractivity contribution in [3.05, 3.63) is 18.7 Å². The van der Waals surface area contributed by atoms with Crippen molar-refractivity contribution in [2.75, 3.05) is 6.54 Å². The fraction of sp³-hybridized carbons (Fsp3) is 0.812. The molecular weight excluding hydrogens is 234 g/mol. The maximum Gasteiger partial charge on any atom is 0.0945 e. The summed E-state index contributed by atoms with van der Waals surface area (Å²) in [4.78, 5) is 4.05. The van der Waals surface area contributed by atoms with Gasteiger partial charge in [0.25, 0.3) is 0 Å². The fourth-order valence-electron chi connectivity index (χ4n) is 2.34. The van der Waals surface area contributed by atoms with Crippen molar-refractivity contribution in [2.45, 2.75) is 77.8 Å². The van der Waals surface area contributed by atoms with Gasteiger partial charge in [-0.3, -0.25) is 0 Å². The van der Waals surface area contributed by atoms with Crippen LogP contribution in [0, 0.1) is 0 Å². The van der Waals surface area contributed by atoms with Crippen molar-refractivity contribution in [3.8, 4) is 0 Å². The molecule has 3 nitrogen and oxygen atoms in total. The van der Waals surface area contributed by atoms with Gasteiger partial charge in [0.05, 0.1) is 6.33 Å². The molecule has 0 amide bonds. The minimum Gasteiger partial charge on any atom is -0.337 e. The highest BCUT2D eigenvalue weighted by molar-refractivity contribution is 4.73. The van der Waals surface area contributed by atoms with E-state index in [0.717, 1.165) is 13.1 Å². The summed E-state index contributed by atoms with van der Waals surface area (Å²) in [5.41, 5.74) is 0. The highest BCUT2D eigenvalue weighted by Crippen LogP contribution is 2.07. The monoisotopic (exact) mass is 265 g/mol. The largest absolute Gasteiger partial charge is 0.337 e. The summed E-state index contributed by atoms with van der Waals surface area (Å²) < 4.78 is 2.15. The Balaban J connectivity index is 1.85. The van der Waals surface area contributed by atoms with Crippen LogP contribution in [0.5, 0.6) is 0 Å². The SMILES string of the molecule is CCCCCCCC(C)NCCCCn1ccnc1. The number of hydrogen-bond acceptors (Lipinski definition) is 2. The molecule has 0 aliphatic carbocycles. The molecule has 1 atom stereocenters. The minimum absolute atomic E-state index is 0.676. The molecule has 0 saturated carbocycles. The maximum atomic E-state index is 4.05. The van der Waals surface area contributed by atoms with Gasteiger partial charge in [0, 0.05) is 25.0 Å². The number of rotatable bonds is 12. The predicted molar refractivity (Wildman–Crippen MR) is 82.3 cm³/mol. The van der Waals surface area contributed by atoms with E-state index in [1.165, 1.54) is 51.4 Å². The third-order valence-corrected chi connectivity index (χ3v) is 3.64. The first-order valence-corrected chi connectivity index (χ1v) is 8.02. The van der Waals surface area contributed by atoms with Crippen molar-refractivity contribution in [3.63, 3.8) is 0 Å². The van der Waals surface area contributed by atoms with Gasteiger partial charge in [-0.1, -0.05) is 39.0 Å². The van der Waals surface area contributed by atoms with E-state index in [9.17, 15) is 0 Å². The van der Waals surface area contributed by atoms with Crippen LogP contribution in [0.15, 0.2) is 18.7 Å². The molecule has 0 saturated heterocycles. The van der Waals surface area contributed by atoms with Crippen LogP contribution in [-0.4, -0.2) is 22.1 Å². The first kappa shape index (κ1) is 16.2. The Morgan fingerprint density at radius 1 is 1.11 bits per heavy atom. The molecule has 19 heavy (non-hydrogen) atoms. The molecule has 0 aliphatic rings. The first-order valence-electron chi connectivity index (χ1n) is 8.02. The Bertz CT molecular complexity index is 282. The number of aryl methyl sites for hydroxylation is 1. The summed E-state index contributed by atoms with van der Waals surface area (Å²) in [6.07, 6.45) is 16.5. The summed E-state index contributed by atoms with van der Waals surface area (Å²) in [5, 5.41) is 3.63. The summed E-state index contributed by atoms with van der Waals surface area (Å²) in [5.74, 6) is 0. The van der Waals surface area contributed by atoms with E-state index in [2.05, 4.69) is 28.7 Å². The van der Waals surface area contributed by atoms with Crippen molar-refractivity contribution in [1.82, 2.24) is 14.9 Å². The minimum atomic E-state index is 0.676. The summed E-state index contributed by atoms with van der Waals surface area (Å²) in [7, 11) is 0. The van der Waals surface area contributed by atoms with Crippen LogP contribution in [0.3, 0.4) is 0 Å². The van der Waals surface area contributed by atoms with E-state index in [0.29, 0.717) is 6.04 Å². The number of nitrogens with zero attached hydrogens (tertiary/aromatic N) is 2. The Labute approximate surface area is 118 Å². The van der Waals surface area contributed by atoms with Gasteiger partial charge in [-0.15, -0.1) is 0 Å². The van der Waals surface area contributed by atoms with E-state index in [4.69, 9.17) is 0 Å². The molecule has 3 heteroatoms. The molecule has 1 aromatic heterocycles. The molecule has 0 radical (unpaired) electrons. The van der Waals surface area contributed by atoms with Crippen LogP contribution < -0.4 is 5.32 Å². The molecule has 1 aromatic rings. The van der Waals surface area contributed by atoms with Gasteiger partial charge in [-0.25, -0.2) is 4.98 Å². The van der Waals surface area contributed by atoms with Crippen LogP contribution >= 0.6 is 0 Å². The molecule has 0 aliphatic heterocycles. The van der Waals surface area contributed by atoms with Gasteiger partial charge in [0.1, 0.15) is 0 Å². The normalized spacial score (nSPS) is 12.7. The molecule has 0 fully saturated rings. The standard InChI is InChI=1S/C16H31N3/c1-3-4-5-6-7-10-16(2)18-11-8-9-13-19-14-12-17-15-19/h12,14-16,18H,3-11,13H2,1-2H3. The Morgan fingerprint density at radius 2 is 1.95 bits per heavy atom. The lowest BCUT2D eigenvalue weighted by molar-refractivity contribution is 0.465. The van der Waals surface area contributed by atoms with Gasteiger partial charge in [0.2, 0.25) is 0 Å². The topological polar surface area (TPSA) is 29.9 Å². The lowest BCUT2D eigenvalue weighted by Gasteiger charge is -2.13. The molecule has 0 spiro atoms. The van der Waals surface area contributed by atoms with Crippen molar-refractivity contribution in [1.29, 1.82) is 0 Å². The highest BCUT2D eigenvalue weighted by atomic mass is 15.0. The zero-order valence-electron chi connectivity index (χ0n) is 12.8. The first-order chi connectivity index (χ1) is 9.33. The van der Waals surface area contributed by atoms with Crippen LogP contribution in [0.1, 0.15) is 65.2 Å². The second kappa shape index (κ2) is 11.0. The zero-order chi connectivity index (χ0) is 13.8. The summed E-state index contributed by atoms with van der Waals surface area (Å²) in [6, 6.07) is 0.676. The van der Waals surface area contributed by atoms with E-state index >= 15 is 0 Å². The van der Waals surface area contributed by atoms with Crippen LogP contribution in [0.4, 0.5) is 0 Å². The third kappa shape index (κ3) is 8.82. The van der Waals surface area contributed by atoms with Gasteiger partial charge in [0.15, 0.2) is 0 Å². The summed E-state index contributed by atoms with van der Waals surface area (Å²) >= 11 is 0. The lowest BCUT2D eigenvalue weighted by atomic mass is 10.1. The molecule has 1 rings (SSSR count). The lowest BCUT2D eigenvalue weighted by Crippen LogP contribution is -2.27. The van der Waals surface area contributed by atoms with E-state index in [-0.39, 0.29) is 0 Å². The third-order valence-electron chi connectivity index (χ3n) is 3.64. The Hall–Kier alpha value is -0.830. The summed E-state index contributed by atoms with van der Waals surface area (Å²) in [6.45, 7) is 6.82.